The number of hydrogen-bond donors (Lipinski definition) is 1. The van der Waals surface area contributed by atoms with Crippen molar-refractivity contribution < 1.29 is 8.42 Å². The predicted molar refractivity (Wildman–Crippen MR) is 77.8 cm³/mol. The Morgan fingerprint density at radius 3 is 2.32 bits per heavy atom. The normalized spacial score (nSPS) is 19.3. The van der Waals surface area contributed by atoms with Crippen LogP contribution in [0, 0.1) is 12.8 Å². The molecule has 4 heteroatoms. The van der Waals surface area contributed by atoms with Gasteiger partial charge in [0.15, 0.2) is 9.84 Å². The van der Waals surface area contributed by atoms with Gasteiger partial charge in [-0.05, 0) is 37.8 Å². The van der Waals surface area contributed by atoms with E-state index in [0.29, 0.717) is 10.8 Å². The molecule has 1 aliphatic carbocycles. The molecule has 0 bridgehead atoms. The third-order valence-electron chi connectivity index (χ3n) is 4.05. The van der Waals surface area contributed by atoms with Crippen LogP contribution in [0.15, 0.2) is 29.2 Å². The maximum atomic E-state index is 12.3. The van der Waals surface area contributed by atoms with Crippen molar-refractivity contribution in [2.45, 2.75) is 50.0 Å². The maximum absolute atomic E-state index is 12.3. The van der Waals surface area contributed by atoms with Gasteiger partial charge in [0, 0.05) is 6.04 Å². The Bertz CT molecular complexity index is 501. The molecule has 0 saturated heterocycles. The molecule has 106 valence electrons. The van der Waals surface area contributed by atoms with Gasteiger partial charge >= 0.3 is 0 Å². The highest BCUT2D eigenvalue weighted by Gasteiger charge is 2.26. The van der Waals surface area contributed by atoms with E-state index < -0.39 is 9.84 Å². The lowest BCUT2D eigenvalue weighted by atomic mass is 9.85. The van der Waals surface area contributed by atoms with Gasteiger partial charge in [0.25, 0.3) is 0 Å². The van der Waals surface area contributed by atoms with Crippen LogP contribution in [0.25, 0.3) is 0 Å². The molecule has 1 saturated carbocycles. The third kappa shape index (κ3) is 3.80. The number of hydrogen-bond acceptors (Lipinski definition) is 3. The van der Waals surface area contributed by atoms with Gasteiger partial charge in [-0.2, -0.15) is 0 Å². The molecule has 1 fully saturated rings. The minimum atomic E-state index is -3.25. The highest BCUT2D eigenvalue weighted by Crippen LogP contribution is 2.27. The fourth-order valence-corrected chi connectivity index (χ4v) is 4.32. The lowest BCUT2D eigenvalue weighted by Gasteiger charge is -2.27. The quantitative estimate of drug-likeness (QED) is 0.923. The van der Waals surface area contributed by atoms with Gasteiger partial charge in [-0.3, -0.25) is 0 Å². The summed E-state index contributed by atoms with van der Waals surface area (Å²) in [7, 11) is -3.25. The molecule has 0 spiro atoms. The Balaban J connectivity index is 2.05. The topological polar surface area (TPSA) is 60.2 Å². The molecule has 2 N–H and O–H groups in total. The van der Waals surface area contributed by atoms with Gasteiger partial charge in [0.1, 0.15) is 0 Å². The van der Waals surface area contributed by atoms with E-state index in [1.54, 1.807) is 12.1 Å². The zero-order valence-electron chi connectivity index (χ0n) is 11.5. The highest BCUT2D eigenvalue weighted by atomic mass is 32.2. The summed E-state index contributed by atoms with van der Waals surface area (Å²) < 4.78 is 24.6. The molecule has 19 heavy (non-hydrogen) atoms. The van der Waals surface area contributed by atoms with Crippen molar-refractivity contribution in [3.8, 4) is 0 Å². The molecule has 1 aromatic carbocycles. The average molecular weight is 281 g/mol. The molecular weight excluding hydrogens is 258 g/mol. The van der Waals surface area contributed by atoms with Crippen LogP contribution in [0.4, 0.5) is 0 Å². The van der Waals surface area contributed by atoms with Gasteiger partial charge in [-0.1, -0.05) is 37.0 Å². The van der Waals surface area contributed by atoms with Crippen molar-refractivity contribution in [2.75, 3.05) is 5.75 Å². The third-order valence-corrected chi connectivity index (χ3v) is 5.86. The monoisotopic (exact) mass is 281 g/mol. The first-order valence-corrected chi connectivity index (χ1v) is 8.69. The van der Waals surface area contributed by atoms with Crippen molar-refractivity contribution in [1.29, 1.82) is 0 Å². The Morgan fingerprint density at radius 1 is 1.16 bits per heavy atom. The molecule has 0 radical (unpaired) electrons. The average Bonchev–Trinajstić information content (AvgIpc) is 2.40. The first-order valence-electron chi connectivity index (χ1n) is 7.04. The van der Waals surface area contributed by atoms with E-state index in [4.69, 9.17) is 5.73 Å². The van der Waals surface area contributed by atoms with Crippen LogP contribution < -0.4 is 5.73 Å². The van der Waals surface area contributed by atoms with Crippen molar-refractivity contribution >= 4 is 9.84 Å². The lowest BCUT2D eigenvalue weighted by Crippen LogP contribution is -2.38. The molecule has 2 rings (SSSR count). The minimum Gasteiger partial charge on any atom is -0.327 e. The standard InChI is InChI=1S/C15H23NO2S/c1-12-7-9-14(10-8-12)19(17,18)11-15(16)13-5-3-2-4-6-13/h7-10,13,15H,2-6,11,16H2,1H3. The van der Waals surface area contributed by atoms with E-state index in [0.717, 1.165) is 18.4 Å². The molecule has 1 atom stereocenters. The summed E-state index contributed by atoms with van der Waals surface area (Å²) in [6.45, 7) is 1.95. The zero-order chi connectivity index (χ0) is 13.9. The molecule has 0 aliphatic heterocycles. The Labute approximate surface area is 116 Å². The smallest absolute Gasteiger partial charge is 0.179 e. The van der Waals surface area contributed by atoms with Gasteiger partial charge in [0.05, 0.1) is 10.6 Å². The largest absolute Gasteiger partial charge is 0.327 e. The van der Waals surface area contributed by atoms with E-state index in [-0.39, 0.29) is 11.8 Å². The fourth-order valence-electron chi connectivity index (χ4n) is 2.79. The van der Waals surface area contributed by atoms with Crippen LogP contribution in [-0.4, -0.2) is 20.2 Å². The van der Waals surface area contributed by atoms with Crippen molar-refractivity contribution in [3.63, 3.8) is 0 Å². The summed E-state index contributed by atoms with van der Waals surface area (Å²) in [6, 6.07) is 6.79. The summed E-state index contributed by atoms with van der Waals surface area (Å²) in [4.78, 5) is 0.393. The summed E-state index contributed by atoms with van der Waals surface area (Å²) in [5.74, 6) is 0.440. The Morgan fingerprint density at radius 2 is 1.74 bits per heavy atom. The maximum Gasteiger partial charge on any atom is 0.179 e. The van der Waals surface area contributed by atoms with Gasteiger partial charge in [-0.25, -0.2) is 8.42 Å². The highest BCUT2D eigenvalue weighted by molar-refractivity contribution is 7.91. The van der Waals surface area contributed by atoms with Crippen LogP contribution >= 0.6 is 0 Å². The molecule has 1 aliphatic rings. The summed E-state index contributed by atoms with van der Waals surface area (Å²) >= 11 is 0. The fraction of sp³-hybridized carbons (Fsp3) is 0.600. The molecule has 1 aromatic rings. The van der Waals surface area contributed by atoms with Crippen molar-refractivity contribution in [3.05, 3.63) is 29.8 Å². The van der Waals surface area contributed by atoms with Gasteiger partial charge in [-0.15, -0.1) is 0 Å². The molecule has 3 nitrogen and oxygen atoms in total. The van der Waals surface area contributed by atoms with Gasteiger partial charge in [0.2, 0.25) is 0 Å². The summed E-state index contributed by atoms with van der Waals surface area (Å²) in [5, 5.41) is 0. The molecule has 1 unspecified atom stereocenters. The zero-order valence-corrected chi connectivity index (χ0v) is 12.3. The second-order valence-electron chi connectivity index (χ2n) is 5.66. The van der Waals surface area contributed by atoms with Crippen molar-refractivity contribution in [2.24, 2.45) is 11.7 Å². The van der Waals surface area contributed by atoms with E-state index in [2.05, 4.69) is 0 Å². The predicted octanol–water partition coefficient (Wildman–Crippen LogP) is 2.68. The number of aryl methyl sites for hydroxylation is 1. The summed E-state index contributed by atoms with van der Waals surface area (Å²) in [6.07, 6.45) is 5.77. The van der Waals surface area contributed by atoms with Crippen LogP contribution in [-0.2, 0) is 9.84 Å². The first kappa shape index (κ1) is 14.5. The molecule has 0 amide bonds. The second-order valence-corrected chi connectivity index (χ2v) is 7.69. The van der Waals surface area contributed by atoms with Gasteiger partial charge < -0.3 is 5.73 Å². The van der Waals surface area contributed by atoms with E-state index in [9.17, 15) is 8.42 Å². The van der Waals surface area contributed by atoms with Crippen molar-refractivity contribution in [1.82, 2.24) is 0 Å². The molecule has 0 heterocycles. The van der Waals surface area contributed by atoms with Crippen LogP contribution in [0.5, 0.6) is 0 Å². The van der Waals surface area contributed by atoms with Crippen LogP contribution in [0.3, 0.4) is 0 Å². The Hall–Kier alpha value is -0.870. The lowest BCUT2D eigenvalue weighted by molar-refractivity contribution is 0.317. The molecular formula is C15H23NO2S. The second kappa shape index (κ2) is 6.06. The SMILES string of the molecule is Cc1ccc(S(=O)(=O)CC(N)C2CCCCC2)cc1. The number of rotatable bonds is 4. The van der Waals surface area contributed by atoms with Crippen LogP contribution in [0.2, 0.25) is 0 Å². The Kier molecular flexibility index (Phi) is 4.63. The van der Waals surface area contributed by atoms with E-state index in [1.165, 1.54) is 19.3 Å². The van der Waals surface area contributed by atoms with E-state index >= 15 is 0 Å². The number of sulfone groups is 1. The number of nitrogens with two attached hydrogens (primary N) is 1. The summed E-state index contributed by atoms with van der Waals surface area (Å²) in [5.41, 5.74) is 7.19. The molecule has 0 aromatic heterocycles. The first-order chi connectivity index (χ1) is 8.99. The van der Waals surface area contributed by atoms with E-state index in [1.807, 2.05) is 19.1 Å². The van der Waals surface area contributed by atoms with Crippen LogP contribution in [0.1, 0.15) is 37.7 Å². The minimum absolute atomic E-state index is 0.0702. The number of benzene rings is 1.